The molecule has 1 fully saturated rings. The van der Waals surface area contributed by atoms with E-state index in [1.165, 1.54) is 0 Å². The summed E-state index contributed by atoms with van der Waals surface area (Å²) < 4.78 is 15.0. The normalized spacial score (nSPS) is 18.3. The second kappa shape index (κ2) is 10.0. The van der Waals surface area contributed by atoms with E-state index in [0.29, 0.717) is 10.4 Å². The van der Waals surface area contributed by atoms with E-state index in [1.807, 2.05) is 12.1 Å². The second-order valence-electron chi connectivity index (χ2n) is 5.26. The van der Waals surface area contributed by atoms with Gasteiger partial charge in [0.25, 0.3) is 0 Å². The van der Waals surface area contributed by atoms with Crippen LogP contribution in [0.4, 0.5) is 4.39 Å². The zero-order valence-electron chi connectivity index (χ0n) is 12.4. The Morgan fingerprint density at radius 1 is 1.29 bits per heavy atom. The van der Waals surface area contributed by atoms with Crippen LogP contribution in [0.1, 0.15) is 31.9 Å². The molecule has 0 radical (unpaired) electrons. The van der Waals surface area contributed by atoms with E-state index in [4.69, 9.17) is 0 Å². The lowest BCUT2D eigenvalue weighted by atomic mass is 9.90. The van der Waals surface area contributed by atoms with Gasteiger partial charge in [-0.15, -0.1) is 24.8 Å². The zero-order chi connectivity index (χ0) is 13.8. The minimum absolute atomic E-state index is 0. The molecule has 6 heteroatoms. The maximum atomic E-state index is 14.4. The summed E-state index contributed by atoms with van der Waals surface area (Å²) in [5.74, 6) is 0.341. The highest BCUT2D eigenvalue weighted by atomic mass is 79.9. The molecule has 1 aromatic carbocycles. The molecule has 21 heavy (non-hydrogen) atoms. The average molecular weight is 402 g/mol. The first-order valence-corrected chi connectivity index (χ1v) is 7.83. The van der Waals surface area contributed by atoms with E-state index < -0.39 is 0 Å². The van der Waals surface area contributed by atoms with Gasteiger partial charge in [0.15, 0.2) is 0 Å². The standard InChI is InChI=1S/C15H22BrFN2.2ClH/c1-3-11(2)15(19-9-7-18-8-10-19)12-5-4-6-13(16)14(12)17;;/h4-6,11,15,18H,3,7-10H2,1-2H3;2*1H/t11?,15-;;/m0../s1. The van der Waals surface area contributed by atoms with Crippen molar-refractivity contribution in [2.24, 2.45) is 5.92 Å². The summed E-state index contributed by atoms with van der Waals surface area (Å²) in [6.45, 7) is 8.34. The van der Waals surface area contributed by atoms with Gasteiger partial charge >= 0.3 is 0 Å². The molecule has 0 saturated carbocycles. The molecule has 1 unspecified atom stereocenters. The molecule has 0 aliphatic carbocycles. The second-order valence-corrected chi connectivity index (χ2v) is 6.11. The van der Waals surface area contributed by atoms with Crippen molar-refractivity contribution in [1.82, 2.24) is 10.2 Å². The molecule has 1 saturated heterocycles. The van der Waals surface area contributed by atoms with Crippen molar-refractivity contribution in [2.45, 2.75) is 26.3 Å². The van der Waals surface area contributed by atoms with Crippen LogP contribution in [0.5, 0.6) is 0 Å². The van der Waals surface area contributed by atoms with Gasteiger partial charge in [0.1, 0.15) is 5.82 Å². The van der Waals surface area contributed by atoms with Crippen molar-refractivity contribution in [3.63, 3.8) is 0 Å². The number of benzene rings is 1. The highest BCUT2D eigenvalue weighted by Gasteiger charge is 2.28. The number of hydrogen-bond donors (Lipinski definition) is 1. The molecule has 1 heterocycles. The van der Waals surface area contributed by atoms with Gasteiger partial charge in [-0.3, -0.25) is 4.90 Å². The SMILES string of the molecule is CCC(C)[C@@H](c1cccc(Br)c1F)N1CCNCC1.Cl.Cl. The van der Waals surface area contributed by atoms with Crippen molar-refractivity contribution in [2.75, 3.05) is 26.2 Å². The third-order valence-corrected chi connectivity index (χ3v) is 4.64. The van der Waals surface area contributed by atoms with Crippen molar-refractivity contribution in [1.29, 1.82) is 0 Å². The lowest BCUT2D eigenvalue weighted by molar-refractivity contribution is 0.125. The van der Waals surface area contributed by atoms with Gasteiger partial charge in [0.05, 0.1) is 4.47 Å². The largest absolute Gasteiger partial charge is 0.314 e. The smallest absolute Gasteiger partial charge is 0.142 e. The molecule has 0 bridgehead atoms. The molecule has 1 N–H and O–H groups in total. The van der Waals surface area contributed by atoms with Gasteiger partial charge in [-0.1, -0.05) is 32.4 Å². The lowest BCUT2D eigenvalue weighted by Crippen LogP contribution is -2.46. The summed E-state index contributed by atoms with van der Waals surface area (Å²) in [6, 6.07) is 5.80. The van der Waals surface area contributed by atoms with Gasteiger partial charge in [0, 0.05) is 37.8 Å². The van der Waals surface area contributed by atoms with E-state index in [9.17, 15) is 4.39 Å². The van der Waals surface area contributed by atoms with Crippen LogP contribution >= 0.6 is 40.7 Å². The van der Waals surface area contributed by atoms with Crippen molar-refractivity contribution in [3.05, 3.63) is 34.1 Å². The third kappa shape index (κ3) is 5.07. The topological polar surface area (TPSA) is 15.3 Å². The third-order valence-electron chi connectivity index (χ3n) is 4.03. The van der Waals surface area contributed by atoms with E-state index in [-0.39, 0.29) is 36.7 Å². The zero-order valence-corrected chi connectivity index (χ0v) is 15.7. The number of rotatable bonds is 4. The predicted molar refractivity (Wildman–Crippen MR) is 95.2 cm³/mol. The molecule has 1 aliphatic heterocycles. The number of hydrogen-bond acceptors (Lipinski definition) is 2. The highest BCUT2D eigenvalue weighted by Crippen LogP contribution is 2.34. The van der Waals surface area contributed by atoms with E-state index in [0.717, 1.165) is 38.2 Å². The van der Waals surface area contributed by atoms with Gasteiger partial charge in [-0.25, -0.2) is 4.39 Å². The fourth-order valence-electron chi connectivity index (χ4n) is 2.80. The molecule has 1 aromatic rings. The molecule has 1 aliphatic rings. The Balaban J connectivity index is 0.00000200. The van der Waals surface area contributed by atoms with Gasteiger partial charge in [-0.05, 0) is 27.9 Å². The fraction of sp³-hybridized carbons (Fsp3) is 0.600. The minimum atomic E-state index is -0.105. The minimum Gasteiger partial charge on any atom is -0.314 e. The van der Waals surface area contributed by atoms with Crippen LogP contribution < -0.4 is 5.32 Å². The molecule has 0 amide bonds. The van der Waals surface area contributed by atoms with E-state index >= 15 is 0 Å². The van der Waals surface area contributed by atoms with Crippen LogP contribution in [0.3, 0.4) is 0 Å². The van der Waals surface area contributed by atoms with E-state index in [1.54, 1.807) is 6.07 Å². The summed E-state index contributed by atoms with van der Waals surface area (Å²) in [6.07, 6.45) is 1.06. The van der Waals surface area contributed by atoms with Crippen LogP contribution in [0, 0.1) is 11.7 Å². The molecule has 0 spiro atoms. The monoisotopic (exact) mass is 400 g/mol. The Morgan fingerprint density at radius 2 is 1.90 bits per heavy atom. The fourth-order valence-corrected chi connectivity index (χ4v) is 3.18. The Kier molecular flexibility index (Phi) is 10.1. The molecule has 2 atom stereocenters. The van der Waals surface area contributed by atoms with Crippen LogP contribution in [-0.2, 0) is 0 Å². The van der Waals surface area contributed by atoms with Crippen molar-refractivity contribution >= 4 is 40.7 Å². The van der Waals surface area contributed by atoms with Crippen LogP contribution in [0.2, 0.25) is 0 Å². The predicted octanol–water partition coefficient (Wildman–Crippen LogP) is 4.42. The van der Waals surface area contributed by atoms with Crippen molar-refractivity contribution in [3.8, 4) is 0 Å². The summed E-state index contributed by atoms with van der Waals surface area (Å²) in [4.78, 5) is 2.41. The van der Waals surface area contributed by atoms with Gasteiger partial charge in [-0.2, -0.15) is 0 Å². The first kappa shape index (κ1) is 21.1. The summed E-state index contributed by atoms with van der Waals surface area (Å²) in [7, 11) is 0. The Labute approximate surface area is 147 Å². The lowest BCUT2D eigenvalue weighted by Gasteiger charge is -2.38. The number of nitrogens with one attached hydrogen (secondary N) is 1. The number of nitrogens with zero attached hydrogens (tertiary/aromatic N) is 1. The maximum Gasteiger partial charge on any atom is 0.142 e. The number of halogens is 4. The first-order valence-electron chi connectivity index (χ1n) is 7.03. The summed E-state index contributed by atoms with van der Waals surface area (Å²) in [5.41, 5.74) is 0.825. The molecule has 122 valence electrons. The van der Waals surface area contributed by atoms with Crippen LogP contribution in [0.15, 0.2) is 22.7 Å². The van der Waals surface area contributed by atoms with Crippen LogP contribution in [-0.4, -0.2) is 31.1 Å². The Morgan fingerprint density at radius 3 is 2.48 bits per heavy atom. The van der Waals surface area contributed by atoms with Crippen LogP contribution in [0.25, 0.3) is 0 Å². The molecule has 2 nitrogen and oxygen atoms in total. The van der Waals surface area contributed by atoms with Crippen molar-refractivity contribution < 1.29 is 4.39 Å². The average Bonchev–Trinajstić information content (AvgIpc) is 2.44. The molecular weight excluding hydrogens is 378 g/mol. The molecule has 2 rings (SSSR count). The summed E-state index contributed by atoms with van der Waals surface area (Å²) in [5, 5.41) is 3.36. The first-order chi connectivity index (χ1) is 9.15. The van der Waals surface area contributed by atoms with Gasteiger partial charge in [0.2, 0.25) is 0 Å². The number of piperazine rings is 1. The highest BCUT2D eigenvalue weighted by molar-refractivity contribution is 9.10. The Bertz CT molecular complexity index is 428. The molecular formula is C15H24BrCl2FN2. The Hall–Kier alpha value is 0.130. The maximum absolute atomic E-state index is 14.4. The van der Waals surface area contributed by atoms with Gasteiger partial charge < -0.3 is 5.32 Å². The van der Waals surface area contributed by atoms with E-state index in [2.05, 4.69) is 40.0 Å². The molecule has 0 aromatic heterocycles. The quantitative estimate of drug-likeness (QED) is 0.802. The summed E-state index contributed by atoms with van der Waals surface area (Å²) >= 11 is 3.30.